The van der Waals surface area contributed by atoms with Crippen molar-refractivity contribution in [3.05, 3.63) is 217 Å². The zero-order valence-electron chi connectivity index (χ0n) is 36.6. The fourth-order valence-electron chi connectivity index (χ4n) is 10.6. The summed E-state index contributed by atoms with van der Waals surface area (Å²) in [4.78, 5) is 0. The molecule has 0 nitrogen and oxygen atoms in total. The van der Waals surface area contributed by atoms with Crippen molar-refractivity contribution < 1.29 is 0 Å². The third kappa shape index (κ3) is 6.04. The lowest BCUT2D eigenvalue weighted by Gasteiger charge is -2.23. The molecule has 11 aromatic rings. The Bertz CT molecular complexity index is 3550. The molecule has 1 aliphatic rings. The lowest BCUT2D eigenvalue weighted by atomic mass is 9.80. The Kier molecular flexibility index (Phi) is 8.25. The van der Waals surface area contributed by atoms with Gasteiger partial charge in [-0.15, -0.1) is 0 Å². The normalized spacial score (nSPS) is 13.3. The minimum Gasteiger partial charge on any atom is -0.0616 e. The van der Waals surface area contributed by atoms with Gasteiger partial charge in [0.25, 0.3) is 0 Å². The summed E-state index contributed by atoms with van der Waals surface area (Å²) in [5, 5.41) is 10.6. The maximum Gasteiger partial charge on any atom is 0.0159 e. The van der Waals surface area contributed by atoms with E-state index in [0.717, 1.165) is 0 Å². The zero-order valence-corrected chi connectivity index (χ0v) is 36.6. The second-order valence-corrected chi connectivity index (χ2v) is 19.3. The van der Waals surface area contributed by atoms with Crippen LogP contribution >= 0.6 is 0 Å². The molecule has 0 radical (unpaired) electrons. The van der Waals surface area contributed by atoms with Gasteiger partial charge in [0.1, 0.15) is 0 Å². The Morgan fingerprint density at radius 1 is 0.302 bits per heavy atom. The topological polar surface area (TPSA) is 0 Å². The lowest BCUT2D eigenvalue weighted by Crippen LogP contribution is -2.15. The average Bonchev–Trinajstić information content (AvgIpc) is 3.54. The van der Waals surface area contributed by atoms with Crippen molar-refractivity contribution >= 4 is 43.1 Å². The van der Waals surface area contributed by atoms with Gasteiger partial charge in [0.15, 0.2) is 0 Å². The van der Waals surface area contributed by atoms with Crippen LogP contribution in [0, 0.1) is 0 Å². The van der Waals surface area contributed by atoms with Gasteiger partial charge in [-0.3, -0.25) is 0 Å². The van der Waals surface area contributed by atoms with Crippen molar-refractivity contribution in [2.75, 3.05) is 0 Å². The zero-order chi connectivity index (χ0) is 42.6. The molecule has 0 N–H and O–H groups in total. The Labute approximate surface area is 370 Å². The highest BCUT2D eigenvalue weighted by molar-refractivity contribution is 6.25. The maximum absolute atomic E-state index is 2.44. The molecule has 300 valence electrons. The molecule has 0 saturated carbocycles. The van der Waals surface area contributed by atoms with Crippen LogP contribution in [0.25, 0.3) is 110 Å². The Morgan fingerprint density at radius 3 is 1.30 bits per heavy atom. The van der Waals surface area contributed by atoms with Crippen LogP contribution in [0.3, 0.4) is 0 Å². The summed E-state index contributed by atoms with van der Waals surface area (Å²) in [5.74, 6) is 0. The van der Waals surface area contributed by atoms with E-state index in [9.17, 15) is 0 Å². The predicted octanol–water partition coefficient (Wildman–Crippen LogP) is 17.7. The molecule has 0 atom stereocenters. The molecule has 11 aromatic carbocycles. The molecule has 0 bridgehead atoms. The van der Waals surface area contributed by atoms with Crippen molar-refractivity contribution in [2.45, 2.75) is 45.4 Å². The minimum atomic E-state index is -0.127. The molecule has 0 heteroatoms. The summed E-state index contributed by atoms with van der Waals surface area (Å²) in [5.41, 5.74) is 19.3. The maximum atomic E-state index is 2.44. The van der Waals surface area contributed by atoms with E-state index in [1.54, 1.807) is 0 Å². The van der Waals surface area contributed by atoms with Crippen LogP contribution in [0.15, 0.2) is 200 Å². The molecule has 0 aromatic heterocycles. The van der Waals surface area contributed by atoms with Gasteiger partial charge in [-0.05, 0) is 144 Å². The highest BCUT2D eigenvalue weighted by Crippen LogP contribution is 2.51. The van der Waals surface area contributed by atoms with E-state index in [1.807, 2.05) is 0 Å². The van der Waals surface area contributed by atoms with Crippen LogP contribution in [0.5, 0.6) is 0 Å². The summed E-state index contributed by atoms with van der Waals surface area (Å²) >= 11 is 0. The van der Waals surface area contributed by atoms with Crippen molar-refractivity contribution in [1.29, 1.82) is 0 Å². The van der Waals surface area contributed by atoms with Crippen LogP contribution in [0.2, 0.25) is 0 Å². The highest BCUT2D eigenvalue weighted by Gasteiger charge is 2.36. The summed E-state index contributed by atoms with van der Waals surface area (Å²) in [6.45, 7) is 11.7. The summed E-state index contributed by atoms with van der Waals surface area (Å²) in [6.07, 6.45) is 0. The summed E-state index contributed by atoms with van der Waals surface area (Å²) < 4.78 is 0. The fourth-order valence-corrected chi connectivity index (χ4v) is 10.6. The van der Waals surface area contributed by atoms with Crippen LogP contribution in [0.4, 0.5) is 0 Å². The third-order valence-electron chi connectivity index (χ3n) is 14.2. The number of hydrogen-bond acceptors (Lipinski definition) is 0. The smallest absolute Gasteiger partial charge is 0.0159 e. The first-order valence-electron chi connectivity index (χ1n) is 22.4. The van der Waals surface area contributed by atoms with E-state index in [2.05, 4.69) is 235 Å². The van der Waals surface area contributed by atoms with Crippen LogP contribution in [-0.2, 0) is 10.8 Å². The van der Waals surface area contributed by atoms with Crippen molar-refractivity contribution in [3.8, 4) is 66.8 Å². The van der Waals surface area contributed by atoms with E-state index in [4.69, 9.17) is 0 Å². The number of benzene rings is 11. The van der Waals surface area contributed by atoms with E-state index in [-0.39, 0.29) is 10.8 Å². The lowest BCUT2D eigenvalue weighted by molar-refractivity contribution is 0.591. The molecule has 12 rings (SSSR count). The number of hydrogen-bond donors (Lipinski definition) is 0. The number of fused-ring (bicyclic) bond motifs is 4. The first-order valence-corrected chi connectivity index (χ1v) is 22.4. The Morgan fingerprint density at radius 2 is 0.730 bits per heavy atom. The molecule has 63 heavy (non-hydrogen) atoms. The molecule has 0 heterocycles. The van der Waals surface area contributed by atoms with E-state index >= 15 is 0 Å². The van der Waals surface area contributed by atoms with Gasteiger partial charge in [0.2, 0.25) is 0 Å². The first kappa shape index (κ1) is 37.5. The minimum absolute atomic E-state index is 0.101. The molecular weight excluding hydrogens is 757 g/mol. The second-order valence-electron chi connectivity index (χ2n) is 19.3. The molecule has 0 unspecified atom stereocenters. The SMILES string of the molecule is CC(C)(C)c1cc2ccc3ccc(-c4ccc(-c5ccc6c(c5)C(C)(C)c5cc(-c7ccc(-c8ccc(-c9cccc%10ccccc9%10)cc8)cc7)ccc5-6)cc4)c4ccc(c1)c2c34. The predicted molar refractivity (Wildman–Crippen MR) is 271 cm³/mol. The molecular formula is C63H48. The largest absolute Gasteiger partial charge is 0.0616 e. The van der Waals surface area contributed by atoms with E-state index in [0.29, 0.717) is 0 Å². The standard InChI is InChI=1S/C63H48/c1-62(2,3)51-35-49-26-25-46-27-31-54(57-34-30-50(36-51)60(49)61(46)57)45-23-19-42(20-24-45)48-29-33-56-55-32-28-47(37-58(55)63(4,5)59(56)38-48)41-15-13-39(14-16-41)40-17-21-44(22-18-40)53-12-8-10-43-9-6-7-11-52(43)53/h6-38H,1-5H3. The van der Waals surface area contributed by atoms with Gasteiger partial charge in [0.05, 0.1) is 0 Å². The van der Waals surface area contributed by atoms with Gasteiger partial charge in [-0.2, -0.15) is 0 Å². The summed E-state index contributed by atoms with van der Waals surface area (Å²) in [6, 6.07) is 75.3. The number of rotatable bonds is 5. The quantitative estimate of drug-likeness (QED) is 0.152. The van der Waals surface area contributed by atoms with Gasteiger partial charge in [-0.25, -0.2) is 0 Å². The molecule has 0 aliphatic heterocycles. The fraction of sp³-hybridized carbons (Fsp3) is 0.111. The molecule has 1 aliphatic carbocycles. The van der Waals surface area contributed by atoms with E-state index in [1.165, 1.54) is 127 Å². The van der Waals surface area contributed by atoms with Crippen LogP contribution in [0.1, 0.15) is 51.3 Å². The second kappa shape index (κ2) is 13.9. The Hall–Kier alpha value is -7.28. The van der Waals surface area contributed by atoms with Gasteiger partial charge < -0.3 is 0 Å². The average molecular weight is 805 g/mol. The van der Waals surface area contributed by atoms with Crippen molar-refractivity contribution in [3.63, 3.8) is 0 Å². The first-order chi connectivity index (χ1) is 30.6. The molecule has 0 saturated heterocycles. The van der Waals surface area contributed by atoms with Crippen LogP contribution in [-0.4, -0.2) is 0 Å². The molecule has 0 amide bonds. The van der Waals surface area contributed by atoms with Crippen molar-refractivity contribution in [2.24, 2.45) is 0 Å². The third-order valence-corrected chi connectivity index (χ3v) is 14.2. The molecule has 0 fully saturated rings. The van der Waals surface area contributed by atoms with Gasteiger partial charge >= 0.3 is 0 Å². The van der Waals surface area contributed by atoms with Crippen LogP contribution < -0.4 is 0 Å². The highest BCUT2D eigenvalue weighted by atomic mass is 14.4. The summed E-state index contributed by atoms with van der Waals surface area (Å²) in [7, 11) is 0. The van der Waals surface area contributed by atoms with E-state index < -0.39 is 0 Å². The molecule has 0 spiro atoms. The Balaban J connectivity index is 0.809. The van der Waals surface area contributed by atoms with Gasteiger partial charge in [-0.1, -0.05) is 223 Å². The van der Waals surface area contributed by atoms with Gasteiger partial charge in [0, 0.05) is 5.41 Å². The monoisotopic (exact) mass is 804 g/mol. The van der Waals surface area contributed by atoms with Crippen molar-refractivity contribution in [1.82, 2.24) is 0 Å².